The minimum absolute atomic E-state index is 0.00450. The zero-order valence-electron chi connectivity index (χ0n) is 15.7. The topological polar surface area (TPSA) is 50.4 Å². The zero-order valence-corrected chi connectivity index (χ0v) is 15.7. The maximum absolute atomic E-state index is 12.9. The van der Waals surface area contributed by atoms with Crippen LogP contribution in [0.5, 0.6) is 0 Å². The molecule has 4 nitrogen and oxygen atoms in total. The molecule has 1 atom stereocenters. The monoisotopic (exact) mass is 332 g/mol. The van der Waals surface area contributed by atoms with Crippen molar-refractivity contribution in [2.24, 2.45) is 5.41 Å². The zero-order chi connectivity index (χ0) is 17.8. The predicted molar refractivity (Wildman–Crippen MR) is 98.1 cm³/mol. The maximum Gasteiger partial charge on any atom is 0.229 e. The van der Waals surface area contributed by atoms with Crippen molar-refractivity contribution in [2.75, 3.05) is 26.8 Å². The first-order valence-electron chi connectivity index (χ1n) is 8.89. The molecule has 0 bridgehead atoms. The Labute approximate surface area is 146 Å². The number of hydrogen-bond donors (Lipinski definition) is 2. The molecule has 0 aliphatic carbocycles. The Kier molecular flexibility index (Phi) is 6.05. The van der Waals surface area contributed by atoms with E-state index < -0.39 is 5.41 Å². The van der Waals surface area contributed by atoms with Crippen LogP contribution in [0.15, 0.2) is 24.3 Å². The van der Waals surface area contributed by atoms with Crippen LogP contribution >= 0.6 is 0 Å². The van der Waals surface area contributed by atoms with Gasteiger partial charge in [0.25, 0.3) is 0 Å². The van der Waals surface area contributed by atoms with Gasteiger partial charge in [-0.15, -0.1) is 0 Å². The number of nitrogens with one attached hydrogen (secondary N) is 2. The van der Waals surface area contributed by atoms with Crippen molar-refractivity contribution >= 4 is 5.91 Å². The van der Waals surface area contributed by atoms with Crippen molar-refractivity contribution < 1.29 is 9.53 Å². The van der Waals surface area contributed by atoms with Crippen LogP contribution < -0.4 is 10.6 Å². The van der Waals surface area contributed by atoms with Gasteiger partial charge in [-0.25, -0.2) is 0 Å². The average Bonchev–Trinajstić information content (AvgIpc) is 2.55. The molecule has 2 rings (SSSR count). The van der Waals surface area contributed by atoms with E-state index in [1.54, 1.807) is 7.11 Å². The Morgan fingerprint density at radius 2 is 1.83 bits per heavy atom. The summed E-state index contributed by atoms with van der Waals surface area (Å²) in [5.74, 6) is 0.109. The van der Waals surface area contributed by atoms with Crippen molar-refractivity contribution in [1.82, 2.24) is 10.6 Å². The Morgan fingerprint density at radius 1 is 1.25 bits per heavy atom. The SMILES string of the molecule is COCC1(C(=O)NC(C)c2ccc(C(C)(C)C)cc2)CCNCC1. The molecule has 24 heavy (non-hydrogen) atoms. The Bertz CT molecular complexity index is 534. The van der Waals surface area contributed by atoms with E-state index in [1.165, 1.54) is 5.56 Å². The molecule has 1 aliphatic heterocycles. The highest BCUT2D eigenvalue weighted by atomic mass is 16.5. The Hall–Kier alpha value is -1.39. The molecule has 0 radical (unpaired) electrons. The summed E-state index contributed by atoms with van der Waals surface area (Å²) in [6.07, 6.45) is 1.64. The van der Waals surface area contributed by atoms with Gasteiger partial charge < -0.3 is 15.4 Å². The molecule has 1 heterocycles. The van der Waals surface area contributed by atoms with E-state index >= 15 is 0 Å². The summed E-state index contributed by atoms with van der Waals surface area (Å²) in [5.41, 5.74) is 2.18. The third-order valence-electron chi connectivity index (χ3n) is 5.09. The van der Waals surface area contributed by atoms with Crippen molar-refractivity contribution in [3.05, 3.63) is 35.4 Å². The molecule has 1 aliphatic rings. The van der Waals surface area contributed by atoms with Crippen LogP contribution in [0, 0.1) is 5.41 Å². The van der Waals surface area contributed by atoms with Crippen LogP contribution in [0.25, 0.3) is 0 Å². The second-order valence-corrected chi connectivity index (χ2v) is 8.03. The molecule has 1 aromatic carbocycles. The number of ether oxygens (including phenoxy) is 1. The van der Waals surface area contributed by atoms with Crippen molar-refractivity contribution in [1.29, 1.82) is 0 Å². The quantitative estimate of drug-likeness (QED) is 0.871. The summed E-state index contributed by atoms with van der Waals surface area (Å²) in [4.78, 5) is 12.9. The molecule has 1 fully saturated rings. The number of benzene rings is 1. The molecular formula is C20H32N2O2. The Balaban J connectivity index is 2.07. The van der Waals surface area contributed by atoms with Gasteiger partial charge in [-0.05, 0) is 49.4 Å². The van der Waals surface area contributed by atoms with E-state index in [0.29, 0.717) is 6.61 Å². The van der Waals surface area contributed by atoms with Gasteiger partial charge in [-0.2, -0.15) is 0 Å². The number of rotatable bonds is 5. The third-order valence-corrected chi connectivity index (χ3v) is 5.09. The standard InChI is InChI=1S/C20H32N2O2/c1-15(16-6-8-17(9-7-16)19(2,3)4)22-18(23)20(14-24-5)10-12-21-13-11-20/h6-9,15,21H,10-14H2,1-5H3,(H,22,23). The normalized spacial score (nSPS) is 18.9. The average molecular weight is 332 g/mol. The van der Waals surface area contributed by atoms with Crippen LogP contribution in [-0.2, 0) is 14.9 Å². The highest BCUT2D eigenvalue weighted by Gasteiger charge is 2.40. The van der Waals surface area contributed by atoms with E-state index in [1.807, 2.05) is 6.92 Å². The first-order chi connectivity index (χ1) is 11.3. The van der Waals surface area contributed by atoms with Gasteiger partial charge in [0.15, 0.2) is 0 Å². The van der Waals surface area contributed by atoms with Gasteiger partial charge in [0.05, 0.1) is 18.1 Å². The lowest BCUT2D eigenvalue weighted by atomic mass is 9.78. The van der Waals surface area contributed by atoms with E-state index in [0.717, 1.165) is 31.5 Å². The van der Waals surface area contributed by atoms with E-state index in [-0.39, 0.29) is 17.4 Å². The molecule has 0 aromatic heterocycles. The molecule has 0 saturated carbocycles. The van der Waals surface area contributed by atoms with Gasteiger partial charge in [0.1, 0.15) is 0 Å². The first-order valence-corrected chi connectivity index (χ1v) is 8.89. The van der Waals surface area contributed by atoms with E-state index in [2.05, 4.69) is 55.7 Å². The minimum atomic E-state index is -0.403. The van der Waals surface area contributed by atoms with E-state index in [4.69, 9.17) is 4.74 Å². The summed E-state index contributed by atoms with van der Waals surface area (Å²) in [5, 5.41) is 6.53. The van der Waals surface area contributed by atoms with Crippen LogP contribution in [-0.4, -0.2) is 32.7 Å². The molecule has 1 amide bonds. The first kappa shape index (κ1) is 18.9. The van der Waals surface area contributed by atoms with E-state index in [9.17, 15) is 4.79 Å². The lowest BCUT2D eigenvalue weighted by Crippen LogP contribution is -2.50. The third kappa shape index (κ3) is 4.37. The molecule has 4 heteroatoms. The highest BCUT2D eigenvalue weighted by molar-refractivity contribution is 5.83. The highest BCUT2D eigenvalue weighted by Crippen LogP contribution is 2.31. The fraction of sp³-hybridized carbons (Fsp3) is 0.650. The largest absolute Gasteiger partial charge is 0.384 e. The second kappa shape index (κ2) is 7.66. The van der Waals surface area contributed by atoms with Crippen molar-refractivity contribution in [3.8, 4) is 0 Å². The predicted octanol–water partition coefficient (Wildman–Crippen LogP) is 3.18. The summed E-state index contributed by atoms with van der Waals surface area (Å²) in [7, 11) is 1.67. The van der Waals surface area contributed by atoms with Gasteiger partial charge >= 0.3 is 0 Å². The lowest BCUT2D eigenvalue weighted by molar-refractivity contribution is -0.136. The van der Waals surface area contributed by atoms with Crippen LogP contribution in [0.4, 0.5) is 0 Å². The van der Waals surface area contributed by atoms with Crippen LogP contribution in [0.1, 0.15) is 57.7 Å². The van der Waals surface area contributed by atoms with Crippen LogP contribution in [0.3, 0.4) is 0 Å². The van der Waals surface area contributed by atoms with Gasteiger partial charge in [0, 0.05) is 7.11 Å². The number of hydrogen-bond acceptors (Lipinski definition) is 3. The Morgan fingerprint density at radius 3 is 2.33 bits per heavy atom. The molecular weight excluding hydrogens is 300 g/mol. The number of carbonyl (C=O) groups is 1. The molecule has 1 saturated heterocycles. The van der Waals surface area contributed by atoms with Gasteiger partial charge in [-0.3, -0.25) is 4.79 Å². The fourth-order valence-corrected chi connectivity index (χ4v) is 3.32. The number of amides is 1. The second-order valence-electron chi connectivity index (χ2n) is 8.03. The molecule has 134 valence electrons. The molecule has 2 N–H and O–H groups in total. The maximum atomic E-state index is 12.9. The summed E-state index contributed by atoms with van der Waals surface area (Å²) in [6, 6.07) is 8.56. The smallest absolute Gasteiger partial charge is 0.229 e. The summed E-state index contributed by atoms with van der Waals surface area (Å²) >= 11 is 0. The number of piperidine rings is 1. The van der Waals surface area contributed by atoms with Gasteiger partial charge in [-0.1, -0.05) is 45.0 Å². The number of methoxy groups -OCH3 is 1. The summed E-state index contributed by atoms with van der Waals surface area (Å²) < 4.78 is 5.36. The van der Waals surface area contributed by atoms with Gasteiger partial charge in [0.2, 0.25) is 5.91 Å². The number of carbonyl (C=O) groups excluding carboxylic acids is 1. The molecule has 1 aromatic rings. The fourth-order valence-electron chi connectivity index (χ4n) is 3.32. The lowest BCUT2D eigenvalue weighted by Gasteiger charge is -2.36. The molecule has 1 unspecified atom stereocenters. The van der Waals surface area contributed by atoms with Crippen molar-refractivity contribution in [3.63, 3.8) is 0 Å². The summed E-state index contributed by atoms with van der Waals surface area (Å²) in [6.45, 7) is 10.9. The minimum Gasteiger partial charge on any atom is -0.384 e. The van der Waals surface area contributed by atoms with Crippen LogP contribution in [0.2, 0.25) is 0 Å². The molecule has 0 spiro atoms. The van der Waals surface area contributed by atoms with Crippen molar-refractivity contribution in [2.45, 2.75) is 52.0 Å².